The van der Waals surface area contributed by atoms with E-state index in [1.165, 1.54) is 6.07 Å². The molecule has 5 rings (SSSR count). The predicted molar refractivity (Wildman–Crippen MR) is 106 cm³/mol. The van der Waals surface area contributed by atoms with Gasteiger partial charge in [0.1, 0.15) is 5.78 Å². The zero-order valence-electron chi connectivity index (χ0n) is 17.1. The molecular weight excluding hydrogens is 352 g/mol. The molecule has 0 bridgehead atoms. The molecule has 4 fully saturated rings. The maximum atomic E-state index is 12.1. The highest BCUT2D eigenvalue weighted by molar-refractivity contribution is 5.79. The van der Waals surface area contributed by atoms with Gasteiger partial charge in [-0.05, 0) is 85.7 Å². The van der Waals surface area contributed by atoms with Crippen LogP contribution in [0.5, 0.6) is 0 Å². The second-order valence-electron chi connectivity index (χ2n) is 10.6. The average molecular weight is 385 g/mol. The van der Waals surface area contributed by atoms with Crippen LogP contribution in [0.4, 0.5) is 0 Å². The van der Waals surface area contributed by atoms with Crippen molar-refractivity contribution in [2.45, 2.75) is 83.2 Å². The quantitative estimate of drug-likeness (QED) is 0.777. The molecule has 1 N–H and O–H groups in total. The van der Waals surface area contributed by atoms with Crippen LogP contribution in [-0.2, 0) is 4.79 Å². The lowest BCUT2D eigenvalue weighted by atomic mass is 9.43. The van der Waals surface area contributed by atoms with Gasteiger partial charge in [-0.25, -0.2) is 4.79 Å². The molecule has 0 spiro atoms. The fraction of sp³-hybridized carbons (Fsp3) is 0.750. The maximum absolute atomic E-state index is 12.1. The number of rotatable bonds is 1. The van der Waals surface area contributed by atoms with E-state index in [2.05, 4.69) is 13.8 Å². The minimum Gasteiger partial charge on any atom is -0.431 e. The molecule has 28 heavy (non-hydrogen) atoms. The lowest BCUT2D eigenvalue weighted by Gasteiger charge is -2.63. The first kappa shape index (κ1) is 18.6. The molecule has 4 aliphatic rings. The van der Waals surface area contributed by atoms with Gasteiger partial charge in [-0.15, -0.1) is 0 Å². The number of hydrogen-bond acceptors (Lipinski definition) is 4. The van der Waals surface area contributed by atoms with E-state index in [1.54, 1.807) is 6.26 Å². The summed E-state index contributed by atoms with van der Waals surface area (Å²) in [4.78, 5) is 23.5. The molecule has 4 heteroatoms. The van der Waals surface area contributed by atoms with Gasteiger partial charge in [-0.3, -0.25) is 4.79 Å². The van der Waals surface area contributed by atoms with Crippen molar-refractivity contribution < 1.29 is 14.3 Å². The fourth-order valence-electron chi connectivity index (χ4n) is 8.11. The second kappa shape index (κ2) is 6.04. The zero-order valence-corrected chi connectivity index (χ0v) is 17.1. The summed E-state index contributed by atoms with van der Waals surface area (Å²) in [6.07, 6.45) is 10.1. The number of carbonyl (C=O) groups excluding carboxylic acids is 1. The van der Waals surface area contributed by atoms with E-state index in [0.717, 1.165) is 63.4 Å². The molecule has 0 aliphatic heterocycles. The highest BCUT2D eigenvalue weighted by atomic mass is 16.4. The van der Waals surface area contributed by atoms with Crippen molar-refractivity contribution in [3.8, 4) is 0 Å². The van der Waals surface area contributed by atoms with Crippen LogP contribution in [0.1, 0.15) is 83.1 Å². The Bertz CT molecular complexity index is 838. The largest absolute Gasteiger partial charge is 0.431 e. The molecule has 7 atom stereocenters. The summed E-state index contributed by atoms with van der Waals surface area (Å²) < 4.78 is 5.16. The van der Waals surface area contributed by atoms with Crippen molar-refractivity contribution in [1.82, 2.24) is 0 Å². The molecule has 1 aromatic heterocycles. The van der Waals surface area contributed by atoms with E-state index in [9.17, 15) is 14.7 Å². The number of aliphatic hydroxyl groups is 1. The van der Waals surface area contributed by atoms with Gasteiger partial charge < -0.3 is 9.52 Å². The number of hydrogen-bond donors (Lipinski definition) is 1. The van der Waals surface area contributed by atoms with E-state index in [0.29, 0.717) is 23.5 Å². The third-order valence-corrected chi connectivity index (χ3v) is 9.79. The van der Waals surface area contributed by atoms with Gasteiger partial charge in [0.15, 0.2) is 0 Å². The highest BCUT2D eigenvalue weighted by Crippen LogP contribution is 2.70. The topological polar surface area (TPSA) is 67.5 Å². The summed E-state index contributed by atoms with van der Waals surface area (Å²) in [7, 11) is 0. The standard InChI is InChI=1S/C24H32O4/c1-22-10-7-17(25)13-16(22)4-5-20-19(22)8-11-23(2)18(9-12-24(20,23)27)15-3-6-21(26)28-14-15/h3,6,14,16,18-20,27H,4-5,7-13H2,1-2H3/t16-,18+,19+,20+,22-,23+,24-/m0/s1. The van der Waals surface area contributed by atoms with Crippen molar-refractivity contribution in [2.75, 3.05) is 0 Å². The van der Waals surface area contributed by atoms with Gasteiger partial charge in [0, 0.05) is 24.3 Å². The van der Waals surface area contributed by atoms with Gasteiger partial charge in [0.2, 0.25) is 0 Å². The molecular formula is C24H32O4. The zero-order chi connectivity index (χ0) is 19.7. The Morgan fingerprint density at radius 3 is 2.57 bits per heavy atom. The highest BCUT2D eigenvalue weighted by Gasteiger charge is 2.67. The predicted octanol–water partition coefficient (Wildman–Crippen LogP) is 4.45. The first-order valence-electron chi connectivity index (χ1n) is 11.1. The Kier molecular flexibility index (Phi) is 4.01. The molecule has 1 heterocycles. The molecule has 0 aromatic carbocycles. The van der Waals surface area contributed by atoms with E-state index >= 15 is 0 Å². The summed E-state index contributed by atoms with van der Waals surface area (Å²) in [6.45, 7) is 4.68. The molecule has 152 valence electrons. The third kappa shape index (κ3) is 2.33. The lowest BCUT2D eigenvalue weighted by molar-refractivity contribution is -0.200. The van der Waals surface area contributed by atoms with E-state index in [-0.39, 0.29) is 22.4 Å². The van der Waals surface area contributed by atoms with Crippen LogP contribution >= 0.6 is 0 Å². The fourth-order valence-corrected chi connectivity index (χ4v) is 8.11. The molecule has 0 unspecified atom stereocenters. The molecule has 4 aliphatic carbocycles. The molecule has 4 saturated carbocycles. The molecule has 0 amide bonds. The van der Waals surface area contributed by atoms with E-state index in [4.69, 9.17) is 4.42 Å². The van der Waals surface area contributed by atoms with Gasteiger partial charge in [-0.2, -0.15) is 0 Å². The molecule has 0 saturated heterocycles. The Balaban J connectivity index is 1.49. The van der Waals surface area contributed by atoms with Crippen LogP contribution in [0.2, 0.25) is 0 Å². The van der Waals surface area contributed by atoms with E-state index in [1.807, 2.05) is 6.07 Å². The van der Waals surface area contributed by atoms with Crippen LogP contribution < -0.4 is 5.63 Å². The number of ketones is 1. The van der Waals surface area contributed by atoms with Crippen LogP contribution in [0.15, 0.2) is 27.6 Å². The number of fused-ring (bicyclic) bond motifs is 5. The lowest BCUT2D eigenvalue weighted by Crippen LogP contribution is -2.61. The Morgan fingerprint density at radius 1 is 1.00 bits per heavy atom. The molecule has 1 aromatic rings. The minimum atomic E-state index is -0.661. The number of Topliss-reactive ketones (excluding diaryl/α,β-unsaturated/α-hetero) is 1. The smallest absolute Gasteiger partial charge is 0.335 e. The van der Waals surface area contributed by atoms with Crippen LogP contribution in [0, 0.1) is 28.6 Å². The van der Waals surface area contributed by atoms with Crippen LogP contribution in [-0.4, -0.2) is 16.5 Å². The van der Waals surface area contributed by atoms with Crippen molar-refractivity contribution in [1.29, 1.82) is 0 Å². The Morgan fingerprint density at radius 2 is 1.82 bits per heavy atom. The summed E-state index contributed by atoms with van der Waals surface area (Å²) >= 11 is 0. The normalized spacial score (nSPS) is 47.9. The third-order valence-electron chi connectivity index (χ3n) is 9.79. The molecule has 0 radical (unpaired) electrons. The SMILES string of the molecule is C[C@]12CCC(=O)C[C@@H]1CC[C@@H]1[C@H]2CC[C@]2(C)[C@@H](c3ccc(=O)oc3)CC[C@]12O. The first-order chi connectivity index (χ1) is 13.3. The van der Waals surface area contributed by atoms with Crippen LogP contribution in [0.25, 0.3) is 0 Å². The summed E-state index contributed by atoms with van der Waals surface area (Å²) in [6, 6.07) is 3.40. The second-order valence-corrected chi connectivity index (χ2v) is 10.6. The average Bonchev–Trinajstić information content (AvgIpc) is 2.95. The summed E-state index contributed by atoms with van der Waals surface area (Å²) in [5.41, 5.74) is 0.1000. The van der Waals surface area contributed by atoms with Crippen molar-refractivity contribution >= 4 is 5.78 Å². The Hall–Kier alpha value is -1.42. The van der Waals surface area contributed by atoms with Crippen LogP contribution in [0.3, 0.4) is 0 Å². The van der Waals surface area contributed by atoms with Gasteiger partial charge in [0.25, 0.3) is 0 Å². The van der Waals surface area contributed by atoms with Gasteiger partial charge in [0.05, 0.1) is 11.9 Å². The molecule has 4 nitrogen and oxygen atoms in total. The van der Waals surface area contributed by atoms with Crippen molar-refractivity contribution in [3.63, 3.8) is 0 Å². The summed E-state index contributed by atoms with van der Waals surface area (Å²) in [5.74, 6) is 2.02. The maximum Gasteiger partial charge on any atom is 0.335 e. The van der Waals surface area contributed by atoms with Crippen molar-refractivity contribution in [2.24, 2.45) is 28.6 Å². The first-order valence-corrected chi connectivity index (χ1v) is 11.1. The minimum absolute atomic E-state index is 0.179. The van der Waals surface area contributed by atoms with Gasteiger partial charge >= 0.3 is 5.63 Å². The van der Waals surface area contributed by atoms with E-state index < -0.39 is 5.60 Å². The summed E-state index contributed by atoms with van der Waals surface area (Å²) in [5, 5.41) is 12.1. The van der Waals surface area contributed by atoms with Gasteiger partial charge in [-0.1, -0.05) is 13.8 Å². The number of carbonyl (C=O) groups is 1. The monoisotopic (exact) mass is 384 g/mol. The Labute approximate surface area is 166 Å². The van der Waals surface area contributed by atoms with Crippen molar-refractivity contribution in [3.05, 3.63) is 34.4 Å².